The first kappa shape index (κ1) is 14.3. The van der Waals surface area contributed by atoms with E-state index in [9.17, 15) is 4.79 Å². The second kappa shape index (κ2) is 6.91. The molecule has 1 unspecified atom stereocenters. The van der Waals surface area contributed by atoms with Gasteiger partial charge in [0.05, 0.1) is 18.3 Å². The molecule has 1 aromatic heterocycles. The van der Waals surface area contributed by atoms with Gasteiger partial charge in [0, 0.05) is 0 Å². The third-order valence-corrected chi connectivity index (χ3v) is 3.25. The van der Waals surface area contributed by atoms with Crippen LogP contribution in [0.4, 0.5) is 0 Å². The Balaban J connectivity index is 1.80. The monoisotopic (exact) mass is 272 g/mol. The van der Waals surface area contributed by atoms with E-state index in [-0.39, 0.29) is 11.9 Å². The first-order valence-electron chi connectivity index (χ1n) is 6.80. The normalized spacial score (nSPS) is 13.7. The fourth-order valence-corrected chi connectivity index (χ4v) is 2.03. The topological polar surface area (TPSA) is 68.3 Å². The van der Waals surface area contributed by atoms with Gasteiger partial charge in [0.1, 0.15) is 5.76 Å². The molecule has 2 rings (SSSR count). The molecule has 3 N–H and O–H groups in total. The highest BCUT2D eigenvalue weighted by molar-refractivity contribution is 5.81. The standard InChI is InChI=1S/C16H20N2O2/c1-12(15-8-5-11-20-15)18-16(19)14(17)10-9-13-6-3-2-4-7-13/h2-8,11-12,14H,9-10,17H2,1H3,(H,18,19)/t12-,14?/m1/s1. The smallest absolute Gasteiger partial charge is 0.237 e. The molecule has 1 aromatic carbocycles. The molecule has 4 nitrogen and oxygen atoms in total. The van der Waals surface area contributed by atoms with Crippen molar-refractivity contribution in [3.05, 3.63) is 60.1 Å². The zero-order valence-electron chi connectivity index (χ0n) is 11.6. The summed E-state index contributed by atoms with van der Waals surface area (Å²) in [5.74, 6) is 0.582. The van der Waals surface area contributed by atoms with E-state index in [0.29, 0.717) is 6.42 Å². The summed E-state index contributed by atoms with van der Waals surface area (Å²) >= 11 is 0. The zero-order valence-corrected chi connectivity index (χ0v) is 11.6. The lowest BCUT2D eigenvalue weighted by Crippen LogP contribution is -2.41. The van der Waals surface area contributed by atoms with E-state index in [1.165, 1.54) is 5.56 Å². The predicted octanol–water partition coefficient (Wildman–Crippen LogP) is 2.42. The number of carbonyl (C=O) groups excluding carboxylic acids is 1. The lowest BCUT2D eigenvalue weighted by molar-refractivity contribution is -0.123. The molecule has 0 saturated heterocycles. The molecule has 0 aliphatic rings. The minimum absolute atomic E-state index is 0.148. The molecular weight excluding hydrogens is 252 g/mol. The van der Waals surface area contributed by atoms with Crippen LogP contribution in [0.2, 0.25) is 0 Å². The van der Waals surface area contributed by atoms with E-state index in [4.69, 9.17) is 10.2 Å². The number of hydrogen-bond acceptors (Lipinski definition) is 3. The second-order valence-corrected chi connectivity index (χ2v) is 4.88. The average molecular weight is 272 g/mol. The van der Waals surface area contributed by atoms with Gasteiger partial charge in [-0.3, -0.25) is 4.79 Å². The molecular formula is C16H20N2O2. The van der Waals surface area contributed by atoms with Gasteiger partial charge in [-0.25, -0.2) is 0 Å². The van der Waals surface area contributed by atoms with Gasteiger partial charge in [0.25, 0.3) is 0 Å². The molecule has 2 atom stereocenters. The van der Waals surface area contributed by atoms with Crippen LogP contribution < -0.4 is 11.1 Å². The second-order valence-electron chi connectivity index (χ2n) is 4.88. The summed E-state index contributed by atoms with van der Waals surface area (Å²) in [5, 5.41) is 2.86. The van der Waals surface area contributed by atoms with Crippen LogP contribution in [0.3, 0.4) is 0 Å². The number of nitrogens with one attached hydrogen (secondary N) is 1. The van der Waals surface area contributed by atoms with Crippen LogP contribution in [-0.2, 0) is 11.2 Å². The van der Waals surface area contributed by atoms with Crippen molar-refractivity contribution in [3.8, 4) is 0 Å². The Bertz CT molecular complexity index is 523. The Morgan fingerprint density at radius 3 is 2.65 bits per heavy atom. The maximum Gasteiger partial charge on any atom is 0.237 e. The van der Waals surface area contributed by atoms with Gasteiger partial charge in [-0.15, -0.1) is 0 Å². The number of rotatable bonds is 6. The highest BCUT2D eigenvalue weighted by Gasteiger charge is 2.17. The molecule has 2 aromatic rings. The van der Waals surface area contributed by atoms with Crippen molar-refractivity contribution >= 4 is 5.91 Å². The Morgan fingerprint density at radius 1 is 1.25 bits per heavy atom. The molecule has 1 heterocycles. The van der Waals surface area contributed by atoms with E-state index in [1.54, 1.807) is 12.3 Å². The Labute approximate surface area is 119 Å². The summed E-state index contributed by atoms with van der Waals surface area (Å²) in [7, 11) is 0. The lowest BCUT2D eigenvalue weighted by atomic mass is 10.1. The summed E-state index contributed by atoms with van der Waals surface area (Å²) < 4.78 is 5.25. The SMILES string of the molecule is C[C@@H](NC(=O)C(N)CCc1ccccc1)c1ccco1. The van der Waals surface area contributed by atoms with E-state index in [0.717, 1.165) is 12.2 Å². The van der Waals surface area contributed by atoms with Crippen molar-refractivity contribution in [2.45, 2.75) is 31.8 Å². The van der Waals surface area contributed by atoms with Crippen molar-refractivity contribution in [2.24, 2.45) is 5.73 Å². The minimum Gasteiger partial charge on any atom is -0.467 e. The Kier molecular flexibility index (Phi) is 4.96. The van der Waals surface area contributed by atoms with Crippen LogP contribution in [0.5, 0.6) is 0 Å². The van der Waals surface area contributed by atoms with Gasteiger partial charge < -0.3 is 15.5 Å². The van der Waals surface area contributed by atoms with E-state index >= 15 is 0 Å². The van der Waals surface area contributed by atoms with Crippen molar-refractivity contribution in [3.63, 3.8) is 0 Å². The number of nitrogens with two attached hydrogens (primary N) is 1. The third kappa shape index (κ3) is 3.96. The van der Waals surface area contributed by atoms with Gasteiger partial charge in [-0.2, -0.15) is 0 Å². The van der Waals surface area contributed by atoms with Crippen molar-refractivity contribution < 1.29 is 9.21 Å². The molecule has 106 valence electrons. The van der Waals surface area contributed by atoms with Gasteiger partial charge in [0.2, 0.25) is 5.91 Å². The zero-order chi connectivity index (χ0) is 14.4. The number of benzene rings is 1. The molecule has 4 heteroatoms. The molecule has 0 radical (unpaired) electrons. The van der Waals surface area contributed by atoms with Crippen LogP contribution in [-0.4, -0.2) is 11.9 Å². The number of carbonyl (C=O) groups is 1. The quantitative estimate of drug-likeness (QED) is 0.848. The fraction of sp³-hybridized carbons (Fsp3) is 0.312. The maximum atomic E-state index is 12.0. The van der Waals surface area contributed by atoms with E-state index in [1.807, 2.05) is 43.3 Å². The summed E-state index contributed by atoms with van der Waals surface area (Å²) in [6.45, 7) is 1.88. The highest BCUT2D eigenvalue weighted by Crippen LogP contribution is 2.12. The molecule has 0 aliphatic heterocycles. The number of amides is 1. The maximum absolute atomic E-state index is 12.0. The van der Waals surface area contributed by atoms with Crippen LogP contribution in [0.25, 0.3) is 0 Å². The average Bonchev–Trinajstić information content (AvgIpc) is 3.00. The van der Waals surface area contributed by atoms with Crippen LogP contribution in [0, 0.1) is 0 Å². The van der Waals surface area contributed by atoms with Crippen molar-refractivity contribution in [1.29, 1.82) is 0 Å². The number of furan rings is 1. The molecule has 0 bridgehead atoms. The van der Waals surface area contributed by atoms with Crippen LogP contribution in [0.15, 0.2) is 53.1 Å². The van der Waals surface area contributed by atoms with Crippen LogP contribution >= 0.6 is 0 Å². The summed E-state index contributed by atoms with van der Waals surface area (Å²) in [6.07, 6.45) is 3.01. The van der Waals surface area contributed by atoms with Crippen LogP contribution in [0.1, 0.15) is 30.7 Å². The van der Waals surface area contributed by atoms with E-state index in [2.05, 4.69) is 5.32 Å². The largest absolute Gasteiger partial charge is 0.467 e. The molecule has 0 spiro atoms. The first-order chi connectivity index (χ1) is 9.66. The molecule has 0 saturated carbocycles. The predicted molar refractivity (Wildman–Crippen MR) is 78.0 cm³/mol. The Morgan fingerprint density at radius 2 is 2.00 bits per heavy atom. The molecule has 0 fully saturated rings. The molecule has 0 aliphatic carbocycles. The number of aryl methyl sites for hydroxylation is 1. The van der Waals surface area contributed by atoms with E-state index < -0.39 is 6.04 Å². The lowest BCUT2D eigenvalue weighted by Gasteiger charge is -2.16. The third-order valence-electron chi connectivity index (χ3n) is 3.25. The van der Waals surface area contributed by atoms with Crippen molar-refractivity contribution in [1.82, 2.24) is 5.32 Å². The molecule has 20 heavy (non-hydrogen) atoms. The fourth-order valence-electron chi connectivity index (χ4n) is 2.03. The number of hydrogen-bond donors (Lipinski definition) is 2. The Hall–Kier alpha value is -2.07. The summed E-state index contributed by atoms with van der Waals surface area (Å²) in [4.78, 5) is 12.0. The van der Waals surface area contributed by atoms with Gasteiger partial charge in [0.15, 0.2) is 0 Å². The van der Waals surface area contributed by atoms with Crippen molar-refractivity contribution in [2.75, 3.05) is 0 Å². The molecule has 1 amide bonds. The first-order valence-corrected chi connectivity index (χ1v) is 6.80. The van der Waals surface area contributed by atoms with Gasteiger partial charge >= 0.3 is 0 Å². The van der Waals surface area contributed by atoms with Gasteiger partial charge in [-0.05, 0) is 37.5 Å². The summed E-state index contributed by atoms with van der Waals surface area (Å²) in [5.41, 5.74) is 7.11. The highest BCUT2D eigenvalue weighted by atomic mass is 16.3. The van der Waals surface area contributed by atoms with Gasteiger partial charge in [-0.1, -0.05) is 30.3 Å². The minimum atomic E-state index is -0.507. The summed E-state index contributed by atoms with van der Waals surface area (Å²) in [6, 6.07) is 13.0.